The molecule has 108 valence electrons. The van der Waals surface area contributed by atoms with Gasteiger partial charge in [-0.05, 0) is 25.0 Å². The van der Waals surface area contributed by atoms with E-state index in [2.05, 4.69) is 4.98 Å². The number of imidazole rings is 1. The van der Waals surface area contributed by atoms with Crippen LogP contribution in [0.5, 0.6) is 0 Å². The van der Waals surface area contributed by atoms with E-state index in [9.17, 15) is 4.79 Å². The minimum Gasteiger partial charge on any atom is -0.370 e. The van der Waals surface area contributed by atoms with E-state index < -0.39 is 0 Å². The van der Waals surface area contributed by atoms with Crippen molar-refractivity contribution in [3.8, 4) is 0 Å². The smallest absolute Gasteiger partial charge is 0.169 e. The average Bonchev–Trinajstić information content (AvgIpc) is 2.73. The van der Waals surface area contributed by atoms with E-state index in [-0.39, 0.29) is 17.8 Å². The van der Waals surface area contributed by atoms with Gasteiger partial charge in [0.05, 0.1) is 17.5 Å². The van der Waals surface area contributed by atoms with Crippen LogP contribution in [0.25, 0.3) is 11.0 Å². The Morgan fingerprint density at radius 3 is 2.65 bits per heavy atom. The van der Waals surface area contributed by atoms with Crippen molar-refractivity contribution in [3.05, 3.63) is 30.1 Å². The maximum absolute atomic E-state index is 12.4. The van der Waals surface area contributed by atoms with Crippen molar-refractivity contribution in [1.29, 1.82) is 0 Å². The molecular formula is C16H22N2O2. The van der Waals surface area contributed by atoms with Crippen LogP contribution in [0, 0.1) is 5.92 Å². The molecule has 1 atom stereocenters. The van der Waals surface area contributed by atoms with Gasteiger partial charge in [0.1, 0.15) is 11.9 Å². The number of benzene rings is 1. The lowest BCUT2D eigenvalue weighted by Gasteiger charge is -2.19. The molecule has 1 aromatic heterocycles. The highest BCUT2D eigenvalue weighted by atomic mass is 16.5. The Kier molecular flexibility index (Phi) is 4.55. The number of ketones is 1. The van der Waals surface area contributed by atoms with Crippen molar-refractivity contribution in [3.63, 3.8) is 0 Å². The number of ether oxygens (including phenoxy) is 1. The van der Waals surface area contributed by atoms with Crippen LogP contribution in [0.2, 0.25) is 0 Å². The van der Waals surface area contributed by atoms with Gasteiger partial charge in [-0.1, -0.05) is 26.0 Å². The van der Waals surface area contributed by atoms with E-state index >= 15 is 0 Å². The highest BCUT2D eigenvalue weighted by molar-refractivity contribution is 5.86. The van der Waals surface area contributed by atoms with E-state index in [4.69, 9.17) is 4.74 Å². The van der Waals surface area contributed by atoms with Gasteiger partial charge in [0.25, 0.3) is 0 Å². The molecule has 0 radical (unpaired) electrons. The van der Waals surface area contributed by atoms with Gasteiger partial charge in [0.15, 0.2) is 5.78 Å². The fourth-order valence-corrected chi connectivity index (χ4v) is 2.45. The molecule has 2 rings (SSSR count). The van der Waals surface area contributed by atoms with Crippen molar-refractivity contribution in [1.82, 2.24) is 9.55 Å². The maximum atomic E-state index is 12.4. The first kappa shape index (κ1) is 14.7. The van der Waals surface area contributed by atoms with Crippen molar-refractivity contribution in [2.24, 2.45) is 13.0 Å². The summed E-state index contributed by atoms with van der Waals surface area (Å²) >= 11 is 0. The number of fused-ring (bicyclic) bond motifs is 1. The Morgan fingerprint density at radius 2 is 2.05 bits per heavy atom. The SMILES string of the molecule is CCOC(C(=O)Cc1nc2ccccc2n1C)C(C)C. The third-order valence-electron chi connectivity index (χ3n) is 3.48. The molecule has 0 N–H and O–H groups in total. The molecule has 0 saturated carbocycles. The fraction of sp³-hybridized carbons (Fsp3) is 0.500. The van der Waals surface area contributed by atoms with Gasteiger partial charge in [-0.25, -0.2) is 4.98 Å². The largest absolute Gasteiger partial charge is 0.370 e. The van der Waals surface area contributed by atoms with Gasteiger partial charge in [-0.2, -0.15) is 0 Å². The molecule has 0 spiro atoms. The zero-order valence-corrected chi connectivity index (χ0v) is 12.6. The fourth-order valence-electron chi connectivity index (χ4n) is 2.45. The molecule has 1 heterocycles. The molecule has 2 aromatic rings. The van der Waals surface area contributed by atoms with E-state index in [1.807, 2.05) is 56.7 Å². The second-order valence-electron chi connectivity index (χ2n) is 5.34. The third kappa shape index (κ3) is 2.90. The molecule has 4 heteroatoms. The van der Waals surface area contributed by atoms with Gasteiger partial charge in [0, 0.05) is 13.7 Å². The molecule has 20 heavy (non-hydrogen) atoms. The lowest BCUT2D eigenvalue weighted by atomic mass is 10.0. The van der Waals surface area contributed by atoms with Crippen molar-refractivity contribution < 1.29 is 9.53 Å². The molecule has 0 saturated heterocycles. The normalized spacial score (nSPS) is 13.1. The number of hydrogen-bond acceptors (Lipinski definition) is 3. The summed E-state index contributed by atoms with van der Waals surface area (Å²) in [6.07, 6.45) is -0.0339. The van der Waals surface area contributed by atoms with Crippen LogP contribution < -0.4 is 0 Å². The van der Waals surface area contributed by atoms with Crippen LogP contribution in [0.4, 0.5) is 0 Å². The lowest BCUT2D eigenvalue weighted by Crippen LogP contribution is -2.31. The Balaban J connectivity index is 2.23. The predicted octanol–water partition coefficient (Wildman–Crippen LogP) is 2.75. The molecule has 0 aliphatic rings. The minimum absolute atomic E-state index is 0.0975. The van der Waals surface area contributed by atoms with Crippen LogP contribution in [0.15, 0.2) is 24.3 Å². The zero-order chi connectivity index (χ0) is 14.7. The minimum atomic E-state index is -0.347. The average molecular weight is 274 g/mol. The number of Topliss-reactive ketones (excluding diaryl/α,β-unsaturated/α-hetero) is 1. The maximum Gasteiger partial charge on any atom is 0.169 e. The van der Waals surface area contributed by atoms with E-state index in [1.165, 1.54) is 0 Å². The number of hydrogen-bond donors (Lipinski definition) is 0. The quantitative estimate of drug-likeness (QED) is 0.813. The molecule has 1 aromatic carbocycles. The number of carbonyl (C=O) groups is 1. The summed E-state index contributed by atoms with van der Waals surface area (Å²) in [5.74, 6) is 1.07. The zero-order valence-electron chi connectivity index (χ0n) is 12.6. The van der Waals surface area contributed by atoms with Crippen molar-refractivity contribution in [2.75, 3.05) is 6.61 Å². The Labute approximate surface area is 119 Å². The molecule has 4 nitrogen and oxygen atoms in total. The van der Waals surface area contributed by atoms with Gasteiger partial charge in [-0.15, -0.1) is 0 Å². The van der Waals surface area contributed by atoms with Gasteiger partial charge >= 0.3 is 0 Å². The summed E-state index contributed by atoms with van der Waals surface area (Å²) < 4.78 is 7.55. The van der Waals surface area contributed by atoms with Crippen molar-refractivity contribution >= 4 is 16.8 Å². The summed E-state index contributed by atoms with van der Waals surface area (Å²) in [7, 11) is 1.95. The topological polar surface area (TPSA) is 44.1 Å². The van der Waals surface area contributed by atoms with Crippen LogP contribution in [-0.4, -0.2) is 28.0 Å². The number of nitrogens with zero attached hydrogens (tertiary/aromatic N) is 2. The molecule has 0 aliphatic heterocycles. The molecule has 0 bridgehead atoms. The third-order valence-corrected chi connectivity index (χ3v) is 3.48. The van der Waals surface area contributed by atoms with E-state index in [1.54, 1.807) is 0 Å². The van der Waals surface area contributed by atoms with E-state index in [0.717, 1.165) is 16.9 Å². The summed E-state index contributed by atoms with van der Waals surface area (Å²) in [5.41, 5.74) is 1.98. The van der Waals surface area contributed by atoms with Crippen LogP contribution in [0.3, 0.4) is 0 Å². The molecular weight excluding hydrogens is 252 g/mol. The van der Waals surface area contributed by atoms with E-state index in [0.29, 0.717) is 13.0 Å². The Hall–Kier alpha value is -1.68. The number of para-hydroxylation sites is 2. The molecule has 1 unspecified atom stereocenters. The second-order valence-corrected chi connectivity index (χ2v) is 5.34. The molecule has 0 fully saturated rings. The van der Waals surface area contributed by atoms with Gasteiger partial charge in [0.2, 0.25) is 0 Å². The standard InChI is InChI=1S/C16H22N2O2/c1-5-20-16(11(2)3)14(19)10-15-17-12-8-6-7-9-13(12)18(15)4/h6-9,11,16H,5,10H2,1-4H3. The van der Waals surface area contributed by atoms with Crippen LogP contribution in [0.1, 0.15) is 26.6 Å². The van der Waals surface area contributed by atoms with Gasteiger partial charge in [-0.3, -0.25) is 4.79 Å². The first-order valence-corrected chi connectivity index (χ1v) is 7.09. The number of aromatic nitrogens is 2. The highest BCUT2D eigenvalue weighted by Crippen LogP contribution is 2.17. The summed E-state index contributed by atoms with van der Waals surface area (Å²) in [6, 6.07) is 7.91. The molecule has 0 amide bonds. The van der Waals surface area contributed by atoms with Gasteiger partial charge < -0.3 is 9.30 Å². The molecule has 0 aliphatic carbocycles. The predicted molar refractivity (Wildman–Crippen MR) is 79.7 cm³/mol. The number of rotatable bonds is 6. The Morgan fingerprint density at radius 1 is 1.35 bits per heavy atom. The lowest BCUT2D eigenvalue weighted by molar-refractivity contribution is -0.132. The first-order chi connectivity index (χ1) is 9.54. The summed E-state index contributed by atoms with van der Waals surface area (Å²) in [6.45, 7) is 6.48. The summed E-state index contributed by atoms with van der Waals surface area (Å²) in [4.78, 5) is 16.9. The Bertz CT molecular complexity index is 602. The monoisotopic (exact) mass is 274 g/mol. The second kappa shape index (κ2) is 6.18. The highest BCUT2D eigenvalue weighted by Gasteiger charge is 2.24. The number of aryl methyl sites for hydroxylation is 1. The van der Waals surface area contributed by atoms with Crippen LogP contribution >= 0.6 is 0 Å². The summed E-state index contributed by atoms with van der Waals surface area (Å²) in [5, 5.41) is 0. The van der Waals surface area contributed by atoms with Crippen molar-refractivity contribution in [2.45, 2.75) is 33.3 Å². The van der Waals surface area contributed by atoms with Crippen LogP contribution in [-0.2, 0) is 23.0 Å². The number of carbonyl (C=O) groups excluding carboxylic acids is 1. The first-order valence-electron chi connectivity index (χ1n) is 7.09.